The molecule has 0 radical (unpaired) electrons. The van der Waals surface area contributed by atoms with Crippen molar-refractivity contribution >= 4 is 17.5 Å². The molecule has 184 valence electrons. The molecule has 2 aliphatic rings. The number of likely N-dealkylation sites (tertiary alicyclic amines) is 1. The van der Waals surface area contributed by atoms with Gasteiger partial charge in [-0.2, -0.15) is 0 Å². The molecule has 0 aliphatic carbocycles. The third kappa shape index (κ3) is 6.05. The molecule has 0 aromatic heterocycles. The quantitative estimate of drug-likeness (QED) is 0.511. The number of carbonyl (C=O) groups excluding carboxylic acids is 1. The number of fused-ring (bicyclic) bond motifs is 1. The van der Waals surface area contributed by atoms with Gasteiger partial charge in [0.2, 0.25) is 5.91 Å². The first-order chi connectivity index (χ1) is 16.3. The zero-order valence-electron chi connectivity index (χ0n) is 20.9. The van der Waals surface area contributed by atoms with Gasteiger partial charge in [0.1, 0.15) is 0 Å². The molecule has 5 nitrogen and oxygen atoms in total. The average Bonchev–Trinajstić information content (AvgIpc) is 3.11. The molecule has 0 saturated carbocycles. The third-order valence-electron chi connectivity index (χ3n) is 6.65. The second-order valence-corrected chi connectivity index (χ2v) is 10.6. The molecule has 1 saturated heterocycles. The van der Waals surface area contributed by atoms with Crippen molar-refractivity contribution in [3.63, 3.8) is 0 Å². The molecule has 6 heteroatoms. The second-order valence-electron chi connectivity index (χ2n) is 10.2. The number of nitrogens with zero attached hydrogens (tertiary/aromatic N) is 2. The maximum atomic E-state index is 13.6. The Labute approximate surface area is 209 Å². The van der Waals surface area contributed by atoms with Crippen LogP contribution >= 0.6 is 11.6 Å². The lowest BCUT2D eigenvalue weighted by Gasteiger charge is -2.28. The highest BCUT2D eigenvalue weighted by molar-refractivity contribution is 6.32. The van der Waals surface area contributed by atoms with Crippen molar-refractivity contribution in [2.45, 2.75) is 53.6 Å². The SMILES string of the molecule is Cc1ccc(C)c(CN2CC[C@@H](C(=O)N(Cc3cc(Cl)c4c(c3)OCCCO4)CC(C)C)C2)c1. The van der Waals surface area contributed by atoms with Crippen LogP contribution in [0.25, 0.3) is 0 Å². The van der Waals surface area contributed by atoms with E-state index in [1.165, 1.54) is 16.7 Å². The third-order valence-corrected chi connectivity index (χ3v) is 6.93. The number of halogens is 1. The van der Waals surface area contributed by atoms with Gasteiger partial charge in [0, 0.05) is 32.6 Å². The second kappa shape index (κ2) is 11.0. The van der Waals surface area contributed by atoms with Gasteiger partial charge >= 0.3 is 0 Å². The average molecular weight is 485 g/mol. The number of hydrogen-bond donors (Lipinski definition) is 0. The van der Waals surface area contributed by atoms with E-state index in [4.69, 9.17) is 21.1 Å². The molecule has 2 aromatic carbocycles. The van der Waals surface area contributed by atoms with Crippen molar-refractivity contribution < 1.29 is 14.3 Å². The predicted molar refractivity (Wildman–Crippen MR) is 137 cm³/mol. The summed E-state index contributed by atoms with van der Waals surface area (Å²) in [6.45, 7) is 13.7. The van der Waals surface area contributed by atoms with E-state index in [9.17, 15) is 4.79 Å². The summed E-state index contributed by atoms with van der Waals surface area (Å²) in [4.78, 5) is 18.1. The Bertz CT molecular complexity index is 1020. The maximum Gasteiger partial charge on any atom is 0.227 e. The normalized spacial score (nSPS) is 18.2. The van der Waals surface area contributed by atoms with Crippen LogP contribution in [0.1, 0.15) is 48.9 Å². The molecule has 34 heavy (non-hydrogen) atoms. The monoisotopic (exact) mass is 484 g/mol. The number of carbonyl (C=O) groups is 1. The Morgan fingerprint density at radius 1 is 1.18 bits per heavy atom. The molecule has 0 spiro atoms. The highest BCUT2D eigenvalue weighted by Gasteiger charge is 2.32. The van der Waals surface area contributed by atoms with Crippen LogP contribution in [-0.4, -0.2) is 48.6 Å². The van der Waals surface area contributed by atoms with Crippen molar-refractivity contribution in [1.82, 2.24) is 9.80 Å². The summed E-state index contributed by atoms with van der Waals surface area (Å²) in [5.41, 5.74) is 4.93. The van der Waals surface area contributed by atoms with Crippen LogP contribution in [0.15, 0.2) is 30.3 Å². The van der Waals surface area contributed by atoms with E-state index in [1.807, 2.05) is 17.0 Å². The van der Waals surface area contributed by atoms with Crippen LogP contribution in [0.3, 0.4) is 0 Å². The molecule has 2 heterocycles. The Morgan fingerprint density at radius 2 is 1.97 bits per heavy atom. The molecule has 0 bridgehead atoms. The topological polar surface area (TPSA) is 42.0 Å². The first-order valence-electron chi connectivity index (χ1n) is 12.5. The van der Waals surface area contributed by atoms with Gasteiger partial charge in [0.25, 0.3) is 0 Å². The van der Waals surface area contributed by atoms with Crippen molar-refractivity contribution in [3.05, 3.63) is 57.6 Å². The number of benzene rings is 2. The Hall–Kier alpha value is -2.24. The summed E-state index contributed by atoms with van der Waals surface area (Å²) < 4.78 is 11.6. The first-order valence-corrected chi connectivity index (χ1v) is 12.8. The van der Waals surface area contributed by atoms with Crippen molar-refractivity contribution in [3.8, 4) is 11.5 Å². The molecule has 1 fully saturated rings. The van der Waals surface area contributed by atoms with E-state index in [-0.39, 0.29) is 11.8 Å². The van der Waals surface area contributed by atoms with Gasteiger partial charge in [-0.15, -0.1) is 0 Å². The van der Waals surface area contributed by atoms with Gasteiger partial charge in [0.15, 0.2) is 11.5 Å². The van der Waals surface area contributed by atoms with Crippen LogP contribution in [0.4, 0.5) is 0 Å². The zero-order valence-corrected chi connectivity index (χ0v) is 21.7. The predicted octanol–water partition coefficient (Wildman–Crippen LogP) is 5.62. The lowest BCUT2D eigenvalue weighted by Crippen LogP contribution is -2.39. The summed E-state index contributed by atoms with van der Waals surface area (Å²) in [6, 6.07) is 10.5. The maximum absolute atomic E-state index is 13.6. The molecule has 4 rings (SSSR count). The largest absolute Gasteiger partial charge is 0.489 e. The summed E-state index contributed by atoms with van der Waals surface area (Å²) in [5, 5.41) is 0.548. The smallest absolute Gasteiger partial charge is 0.227 e. The van der Waals surface area contributed by atoms with E-state index >= 15 is 0 Å². The van der Waals surface area contributed by atoms with E-state index in [2.05, 4.69) is 50.8 Å². The number of hydrogen-bond acceptors (Lipinski definition) is 4. The molecule has 2 aliphatic heterocycles. The summed E-state index contributed by atoms with van der Waals surface area (Å²) in [6.07, 6.45) is 1.73. The van der Waals surface area contributed by atoms with Gasteiger partial charge in [0.05, 0.1) is 24.2 Å². The van der Waals surface area contributed by atoms with Crippen molar-refractivity contribution in [1.29, 1.82) is 0 Å². The van der Waals surface area contributed by atoms with Gasteiger partial charge in [-0.25, -0.2) is 0 Å². The minimum absolute atomic E-state index is 0.0275. The fraction of sp³-hybridized carbons (Fsp3) is 0.536. The molecule has 1 atom stereocenters. The number of amides is 1. The van der Waals surface area contributed by atoms with Crippen molar-refractivity contribution in [2.75, 3.05) is 32.8 Å². The fourth-order valence-electron chi connectivity index (χ4n) is 4.92. The molecule has 0 unspecified atom stereocenters. The summed E-state index contributed by atoms with van der Waals surface area (Å²) in [7, 11) is 0. The van der Waals surface area contributed by atoms with Crippen LogP contribution in [0, 0.1) is 25.7 Å². The van der Waals surface area contributed by atoms with Crippen LogP contribution in [-0.2, 0) is 17.9 Å². The Balaban J connectivity index is 1.45. The minimum Gasteiger partial charge on any atom is -0.489 e. The highest BCUT2D eigenvalue weighted by atomic mass is 35.5. The first kappa shape index (κ1) is 24.9. The van der Waals surface area contributed by atoms with Crippen molar-refractivity contribution in [2.24, 2.45) is 11.8 Å². The number of ether oxygens (including phenoxy) is 2. The summed E-state index contributed by atoms with van der Waals surface area (Å²) >= 11 is 6.52. The molecular formula is C28H37ClN2O3. The molecule has 2 aromatic rings. The Kier molecular flexibility index (Phi) is 8.05. The lowest BCUT2D eigenvalue weighted by atomic mass is 10.0. The number of aryl methyl sites for hydroxylation is 2. The van der Waals surface area contributed by atoms with Crippen LogP contribution in [0.2, 0.25) is 5.02 Å². The standard InChI is InChI=1S/C28H37ClN2O3/c1-19(2)15-31(16-22-13-25(29)27-26(14-22)33-10-5-11-34-27)28(32)23-8-9-30(17-23)18-24-12-20(3)6-7-21(24)4/h6-7,12-14,19,23H,5,8-11,15-18H2,1-4H3/t23-/m1/s1. The Morgan fingerprint density at radius 3 is 2.76 bits per heavy atom. The molecule has 0 N–H and O–H groups in total. The van der Waals surface area contributed by atoms with Gasteiger partial charge in [-0.3, -0.25) is 9.69 Å². The van der Waals surface area contributed by atoms with E-state index in [0.29, 0.717) is 42.2 Å². The highest BCUT2D eigenvalue weighted by Crippen LogP contribution is 2.38. The van der Waals surface area contributed by atoms with E-state index < -0.39 is 0 Å². The van der Waals surface area contributed by atoms with E-state index in [0.717, 1.165) is 44.6 Å². The van der Waals surface area contributed by atoms with Gasteiger partial charge in [-0.1, -0.05) is 49.2 Å². The fourth-order valence-corrected chi connectivity index (χ4v) is 5.20. The lowest BCUT2D eigenvalue weighted by molar-refractivity contribution is -0.136. The zero-order chi connectivity index (χ0) is 24.2. The van der Waals surface area contributed by atoms with Gasteiger partial charge in [-0.05, 0) is 61.6 Å². The molecule has 1 amide bonds. The van der Waals surface area contributed by atoms with Crippen LogP contribution in [0.5, 0.6) is 11.5 Å². The van der Waals surface area contributed by atoms with Crippen LogP contribution < -0.4 is 9.47 Å². The minimum atomic E-state index is 0.0275. The van der Waals surface area contributed by atoms with Gasteiger partial charge < -0.3 is 14.4 Å². The van der Waals surface area contributed by atoms with E-state index in [1.54, 1.807) is 0 Å². The summed E-state index contributed by atoms with van der Waals surface area (Å²) in [5.74, 6) is 1.94. The molecular weight excluding hydrogens is 448 g/mol. The number of rotatable bonds is 7.